The van der Waals surface area contributed by atoms with E-state index in [9.17, 15) is 9.59 Å². The number of carbonyl (C=O) groups is 2. The summed E-state index contributed by atoms with van der Waals surface area (Å²) in [4.78, 5) is 24.1. The molecule has 0 saturated carbocycles. The molecule has 1 aromatic carbocycles. The van der Waals surface area contributed by atoms with E-state index in [4.69, 9.17) is 14.2 Å². The molecule has 1 rings (SSSR count). The standard InChI is InChI=1S/C14H19NO5/c1-5-15(2)13(17)9-20-14-11(18-3)6-10(8-16)7-12(14)19-4/h6-8H,5,9H2,1-4H3. The van der Waals surface area contributed by atoms with E-state index in [1.807, 2.05) is 6.92 Å². The predicted octanol–water partition coefficient (Wildman–Crippen LogP) is 1.37. The molecule has 0 saturated heterocycles. The summed E-state index contributed by atoms with van der Waals surface area (Å²) in [5.74, 6) is 0.839. The number of nitrogens with zero attached hydrogens (tertiary/aromatic N) is 1. The molecule has 6 heteroatoms. The molecule has 0 aromatic heterocycles. The van der Waals surface area contributed by atoms with Gasteiger partial charge in [-0.25, -0.2) is 0 Å². The highest BCUT2D eigenvalue weighted by molar-refractivity contribution is 5.79. The third kappa shape index (κ3) is 3.63. The zero-order chi connectivity index (χ0) is 15.1. The third-order valence-corrected chi connectivity index (χ3v) is 2.86. The zero-order valence-corrected chi connectivity index (χ0v) is 12.1. The molecule has 0 fully saturated rings. The number of aldehydes is 1. The van der Waals surface area contributed by atoms with Crippen LogP contribution in [-0.2, 0) is 4.79 Å². The van der Waals surface area contributed by atoms with Gasteiger partial charge in [0.05, 0.1) is 14.2 Å². The Labute approximate surface area is 118 Å². The first-order valence-corrected chi connectivity index (χ1v) is 6.15. The summed E-state index contributed by atoms with van der Waals surface area (Å²) in [7, 11) is 4.60. The summed E-state index contributed by atoms with van der Waals surface area (Å²) >= 11 is 0. The van der Waals surface area contributed by atoms with Crippen molar-refractivity contribution in [3.8, 4) is 17.2 Å². The Morgan fingerprint density at radius 2 is 1.80 bits per heavy atom. The smallest absolute Gasteiger partial charge is 0.260 e. The van der Waals surface area contributed by atoms with Crippen LogP contribution in [0.4, 0.5) is 0 Å². The van der Waals surface area contributed by atoms with Gasteiger partial charge in [-0.05, 0) is 19.1 Å². The number of likely N-dealkylation sites (N-methyl/N-ethyl adjacent to an activating group) is 1. The molecule has 0 unspecified atom stereocenters. The summed E-state index contributed by atoms with van der Waals surface area (Å²) in [6, 6.07) is 3.05. The number of ether oxygens (including phenoxy) is 3. The molecule has 1 aromatic rings. The second kappa shape index (κ2) is 7.37. The van der Waals surface area contributed by atoms with Crippen LogP contribution in [0.15, 0.2) is 12.1 Å². The molecular weight excluding hydrogens is 262 g/mol. The van der Waals surface area contributed by atoms with E-state index in [0.717, 1.165) is 0 Å². The van der Waals surface area contributed by atoms with Crippen LogP contribution in [0, 0.1) is 0 Å². The topological polar surface area (TPSA) is 65.1 Å². The Hall–Kier alpha value is -2.24. The minimum atomic E-state index is -0.156. The quantitative estimate of drug-likeness (QED) is 0.706. The molecule has 0 aliphatic rings. The van der Waals surface area contributed by atoms with E-state index in [2.05, 4.69) is 0 Å². The average molecular weight is 281 g/mol. The Kier molecular flexibility index (Phi) is 5.83. The van der Waals surface area contributed by atoms with Crippen LogP contribution in [0.5, 0.6) is 17.2 Å². The fourth-order valence-electron chi connectivity index (χ4n) is 1.53. The fourth-order valence-corrected chi connectivity index (χ4v) is 1.53. The number of hydrogen-bond donors (Lipinski definition) is 0. The molecule has 110 valence electrons. The first-order chi connectivity index (χ1) is 9.57. The van der Waals surface area contributed by atoms with Crippen molar-refractivity contribution in [1.29, 1.82) is 0 Å². The lowest BCUT2D eigenvalue weighted by atomic mass is 10.2. The van der Waals surface area contributed by atoms with Crippen LogP contribution in [0.25, 0.3) is 0 Å². The summed E-state index contributed by atoms with van der Waals surface area (Å²) in [5.41, 5.74) is 0.406. The van der Waals surface area contributed by atoms with Crippen molar-refractivity contribution in [2.45, 2.75) is 6.92 Å². The van der Waals surface area contributed by atoms with E-state index >= 15 is 0 Å². The second-order valence-electron chi connectivity index (χ2n) is 4.07. The molecule has 6 nitrogen and oxygen atoms in total. The highest BCUT2D eigenvalue weighted by Gasteiger charge is 2.16. The summed E-state index contributed by atoms with van der Waals surface area (Å²) < 4.78 is 15.8. The van der Waals surface area contributed by atoms with Gasteiger partial charge < -0.3 is 19.1 Å². The van der Waals surface area contributed by atoms with Gasteiger partial charge in [0.25, 0.3) is 5.91 Å². The number of carbonyl (C=O) groups excluding carboxylic acids is 2. The first kappa shape index (κ1) is 15.8. The van der Waals surface area contributed by atoms with Gasteiger partial charge in [0.2, 0.25) is 5.75 Å². The summed E-state index contributed by atoms with van der Waals surface area (Å²) in [6.45, 7) is 2.34. The number of amides is 1. The fraction of sp³-hybridized carbons (Fsp3) is 0.429. The molecule has 20 heavy (non-hydrogen) atoms. The van der Waals surface area contributed by atoms with Crippen molar-refractivity contribution in [1.82, 2.24) is 4.90 Å². The van der Waals surface area contributed by atoms with Crippen LogP contribution < -0.4 is 14.2 Å². The van der Waals surface area contributed by atoms with E-state index in [0.29, 0.717) is 35.6 Å². The normalized spacial score (nSPS) is 9.80. The van der Waals surface area contributed by atoms with Crippen molar-refractivity contribution in [3.05, 3.63) is 17.7 Å². The highest BCUT2D eigenvalue weighted by atomic mass is 16.5. The van der Waals surface area contributed by atoms with Gasteiger partial charge in [0.1, 0.15) is 6.29 Å². The maximum absolute atomic E-state index is 11.7. The first-order valence-electron chi connectivity index (χ1n) is 6.15. The van der Waals surface area contributed by atoms with Gasteiger partial charge in [0.15, 0.2) is 18.1 Å². The van der Waals surface area contributed by atoms with Crippen molar-refractivity contribution in [2.24, 2.45) is 0 Å². The van der Waals surface area contributed by atoms with Crippen LogP contribution in [0.1, 0.15) is 17.3 Å². The molecule has 0 N–H and O–H groups in total. The average Bonchev–Trinajstić information content (AvgIpc) is 2.50. The van der Waals surface area contributed by atoms with Crippen molar-refractivity contribution in [3.63, 3.8) is 0 Å². The third-order valence-electron chi connectivity index (χ3n) is 2.86. The molecule has 0 spiro atoms. The summed E-state index contributed by atoms with van der Waals surface area (Å²) in [5, 5.41) is 0. The highest BCUT2D eigenvalue weighted by Crippen LogP contribution is 2.38. The van der Waals surface area contributed by atoms with E-state index in [1.165, 1.54) is 26.4 Å². The largest absolute Gasteiger partial charge is 0.493 e. The Morgan fingerprint density at radius 3 is 2.20 bits per heavy atom. The van der Waals surface area contributed by atoms with E-state index in [1.54, 1.807) is 11.9 Å². The molecule has 0 bridgehead atoms. The molecule has 0 heterocycles. The Morgan fingerprint density at radius 1 is 1.25 bits per heavy atom. The van der Waals surface area contributed by atoms with Gasteiger partial charge in [-0.3, -0.25) is 9.59 Å². The Bertz CT molecular complexity index is 461. The number of rotatable bonds is 7. The number of methoxy groups -OCH3 is 2. The van der Waals surface area contributed by atoms with Gasteiger partial charge in [-0.2, -0.15) is 0 Å². The lowest BCUT2D eigenvalue weighted by Crippen LogP contribution is -2.31. The van der Waals surface area contributed by atoms with Gasteiger partial charge in [0, 0.05) is 19.2 Å². The van der Waals surface area contributed by atoms with E-state index in [-0.39, 0.29) is 12.5 Å². The molecule has 0 radical (unpaired) electrons. The molecule has 0 atom stereocenters. The van der Waals surface area contributed by atoms with Crippen LogP contribution >= 0.6 is 0 Å². The monoisotopic (exact) mass is 281 g/mol. The van der Waals surface area contributed by atoms with Gasteiger partial charge in [-0.15, -0.1) is 0 Å². The molecule has 0 aliphatic carbocycles. The molecular formula is C14H19NO5. The minimum Gasteiger partial charge on any atom is -0.493 e. The summed E-state index contributed by atoms with van der Waals surface area (Å²) in [6.07, 6.45) is 0.685. The minimum absolute atomic E-state index is 0.127. The number of hydrogen-bond acceptors (Lipinski definition) is 5. The maximum Gasteiger partial charge on any atom is 0.260 e. The SMILES string of the molecule is CCN(C)C(=O)COc1c(OC)cc(C=O)cc1OC. The van der Waals surface area contributed by atoms with Crippen LogP contribution in [-0.4, -0.2) is 51.5 Å². The molecule has 0 aliphatic heterocycles. The lowest BCUT2D eigenvalue weighted by Gasteiger charge is -2.17. The van der Waals surface area contributed by atoms with Crippen LogP contribution in [0.2, 0.25) is 0 Å². The Balaban J connectivity index is 2.98. The van der Waals surface area contributed by atoms with E-state index < -0.39 is 0 Å². The van der Waals surface area contributed by atoms with Gasteiger partial charge >= 0.3 is 0 Å². The second-order valence-corrected chi connectivity index (χ2v) is 4.07. The zero-order valence-electron chi connectivity index (χ0n) is 12.1. The van der Waals surface area contributed by atoms with Crippen LogP contribution in [0.3, 0.4) is 0 Å². The maximum atomic E-state index is 11.7. The molecule has 1 amide bonds. The van der Waals surface area contributed by atoms with Crippen molar-refractivity contribution in [2.75, 3.05) is 34.4 Å². The van der Waals surface area contributed by atoms with Gasteiger partial charge in [-0.1, -0.05) is 0 Å². The number of benzene rings is 1. The predicted molar refractivity (Wildman–Crippen MR) is 73.7 cm³/mol. The van der Waals surface area contributed by atoms with Crippen molar-refractivity contribution >= 4 is 12.2 Å². The lowest BCUT2D eigenvalue weighted by molar-refractivity contribution is -0.131. The van der Waals surface area contributed by atoms with Crippen molar-refractivity contribution < 1.29 is 23.8 Å².